The fourth-order valence-electron chi connectivity index (χ4n) is 3.74. The molecule has 0 aliphatic heterocycles. The van der Waals surface area contributed by atoms with Crippen LogP contribution in [0.15, 0.2) is 65.7 Å². The Morgan fingerprint density at radius 3 is 2.50 bits per heavy atom. The van der Waals surface area contributed by atoms with Crippen molar-refractivity contribution >= 4 is 50.2 Å². The lowest BCUT2D eigenvalue weighted by Crippen LogP contribution is -2.23. The molecule has 4 aromatic rings. The summed E-state index contributed by atoms with van der Waals surface area (Å²) < 4.78 is 12.6. The van der Waals surface area contributed by atoms with Crippen LogP contribution in [0.5, 0.6) is 0 Å². The maximum Gasteiger partial charge on any atom is 0.338 e. The number of aromatic nitrogens is 1. The molecule has 0 saturated heterocycles. The zero-order chi connectivity index (χ0) is 24.1. The molecule has 0 N–H and O–H groups in total. The molecule has 0 fully saturated rings. The maximum absolute atomic E-state index is 13.0. The molecule has 7 nitrogen and oxygen atoms in total. The van der Waals surface area contributed by atoms with Crippen molar-refractivity contribution in [3.05, 3.63) is 76.6 Å². The van der Waals surface area contributed by atoms with E-state index >= 15 is 0 Å². The largest absolute Gasteiger partial charge is 0.465 e. The fraction of sp³-hybridized carbons (Fsp3) is 0.231. The molecule has 1 aromatic heterocycles. The Kier molecular flexibility index (Phi) is 7.18. The molecule has 0 aliphatic carbocycles. The van der Waals surface area contributed by atoms with Crippen molar-refractivity contribution in [2.45, 2.75) is 26.8 Å². The lowest BCUT2D eigenvalue weighted by atomic mass is 10.0. The van der Waals surface area contributed by atoms with E-state index in [2.05, 4.69) is 4.99 Å². The van der Waals surface area contributed by atoms with Crippen molar-refractivity contribution in [3.8, 4) is 0 Å². The SMILES string of the molecule is CCOC(=O)Cn1c(=NC(=O)Cc2cccc3ccccc23)sc2cc(C(=O)OCC)ccc21. The number of hydrogen-bond donors (Lipinski definition) is 0. The molecule has 0 atom stereocenters. The predicted molar refractivity (Wildman–Crippen MR) is 131 cm³/mol. The van der Waals surface area contributed by atoms with Crippen molar-refractivity contribution in [3.63, 3.8) is 0 Å². The molecule has 0 radical (unpaired) electrons. The standard InChI is InChI=1S/C26H24N2O5S/c1-3-32-24(30)16-28-21-13-12-19(25(31)33-4-2)14-22(21)34-26(28)27-23(29)15-18-10-7-9-17-8-5-6-11-20(17)18/h5-14H,3-4,15-16H2,1-2H3. The fourth-order valence-corrected chi connectivity index (χ4v) is 4.83. The average molecular weight is 477 g/mol. The van der Waals surface area contributed by atoms with Crippen LogP contribution in [0.4, 0.5) is 0 Å². The van der Waals surface area contributed by atoms with Crippen molar-refractivity contribution in [1.82, 2.24) is 4.57 Å². The Morgan fingerprint density at radius 1 is 0.941 bits per heavy atom. The molecule has 1 amide bonds. The number of amides is 1. The first kappa shape index (κ1) is 23.4. The number of ether oxygens (including phenoxy) is 2. The first-order chi connectivity index (χ1) is 16.5. The van der Waals surface area contributed by atoms with Crippen LogP contribution in [0.25, 0.3) is 21.0 Å². The molecule has 0 spiro atoms. The number of thiazole rings is 1. The summed E-state index contributed by atoms with van der Waals surface area (Å²) in [5, 5.41) is 2.06. The average Bonchev–Trinajstić information content (AvgIpc) is 3.15. The monoisotopic (exact) mass is 476 g/mol. The summed E-state index contributed by atoms with van der Waals surface area (Å²) in [5.74, 6) is -1.19. The lowest BCUT2D eigenvalue weighted by molar-refractivity contribution is -0.143. The number of benzene rings is 3. The zero-order valence-electron chi connectivity index (χ0n) is 18.9. The van der Waals surface area contributed by atoms with Crippen molar-refractivity contribution in [2.75, 3.05) is 13.2 Å². The molecule has 8 heteroatoms. The molecular formula is C26H24N2O5S. The Hall–Kier alpha value is -3.78. The van der Waals surface area contributed by atoms with Crippen LogP contribution in [-0.2, 0) is 32.0 Å². The van der Waals surface area contributed by atoms with E-state index in [1.54, 1.807) is 36.6 Å². The third-order valence-electron chi connectivity index (χ3n) is 5.23. The summed E-state index contributed by atoms with van der Waals surface area (Å²) in [7, 11) is 0. The number of nitrogens with zero attached hydrogens (tertiary/aromatic N) is 2. The van der Waals surface area contributed by atoms with E-state index in [0.717, 1.165) is 16.3 Å². The predicted octanol–water partition coefficient (Wildman–Crippen LogP) is 4.27. The van der Waals surface area contributed by atoms with Crippen LogP contribution in [0.3, 0.4) is 0 Å². The van der Waals surface area contributed by atoms with Crippen molar-refractivity contribution in [2.24, 2.45) is 4.99 Å². The van der Waals surface area contributed by atoms with Crippen LogP contribution in [0.2, 0.25) is 0 Å². The van der Waals surface area contributed by atoms with E-state index in [9.17, 15) is 14.4 Å². The van der Waals surface area contributed by atoms with E-state index in [1.165, 1.54) is 11.3 Å². The minimum atomic E-state index is -0.431. The smallest absolute Gasteiger partial charge is 0.338 e. The maximum atomic E-state index is 13.0. The molecule has 3 aromatic carbocycles. The Balaban J connectivity index is 1.74. The van der Waals surface area contributed by atoms with Crippen molar-refractivity contribution < 1.29 is 23.9 Å². The van der Waals surface area contributed by atoms with Gasteiger partial charge in [-0.1, -0.05) is 53.8 Å². The summed E-state index contributed by atoms with van der Waals surface area (Å²) in [4.78, 5) is 42.1. The molecule has 0 saturated carbocycles. The summed E-state index contributed by atoms with van der Waals surface area (Å²) >= 11 is 1.24. The number of fused-ring (bicyclic) bond motifs is 2. The summed E-state index contributed by atoms with van der Waals surface area (Å²) in [6.45, 7) is 3.91. The third-order valence-corrected chi connectivity index (χ3v) is 6.27. The zero-order valence-corrected chi connectivity index (χ0v) is 19.8. The van der Waals surface area contributed by atoms with Gasteiger partial charge in [0.1, 0.15) is 6.54 Å². The van der Waals surface area contributed by atoms with Gasteiger partial charge in [-0.25, -0.2) is 4.79 Å². The highest BCUT2D eigenvalue weighted by Crippen LogP contribution is 2.21. The topological polar surface area (TPSA) is 87.0 Å². The van der Waals surface area contributed by atoms with Crippen LogP contribution < -0.4 is 4.80 Å². The van der Waals surface area contributed by atoms with Gasteiger partial charge in [0.05, 0.1) is 35.4 Å². The Labute approximate surface area is 200 Å². The summed E-state index contributed by atoms with van der Waals surface area (Å²) in [6, 6.07) is 18.8. The van der Waals surface area contributed by atoms with Crippen LogP contribution in [0.1, 0.15) is 29.8 Å². The molecule has 174 valence electrons. The van der Waals surface area contributed by atoms with E-state index in [0.29, 0.717) is 20.6 Å². The third kappa shape index (κ3) is 5.07. The van der Waals surface area contributed by atoms with Gasteiger partial charge in [-0.2, -0.15) is 4.99 Å². The van der Waals surface area contributed by atoms with Crippen LogP contribution in [0, 0.1) is 0 Å². The molecule has 0 bridgehead atoms. The molecular weight excluding hydrogens is 452 g/mol. The second kappa shape index (κ2) is 10.4. The minimum absolute atomic E-state index is 0.0903. The Bertz CT molecular complexity index is 1450. The van der Waals surface area contributed by atoms with Gasteiger partial charge in [0.2, 0.25) is 0 Å². The normalized spacial score (nSPS) is 11.6. The molecule has 4 rings (SSSR count). The number of esters is 2. The molecule has 34 heavy (non-hydrogen) atoms. The number of carbonyl (C=O) groups is 3. The van der Waals surface area contributed by atoms with E-state index in [-0.39, 0.29) is 32.1 Å². The minimum Gasteiger partial charge on any atom is -0.465 e. The van der Waals surface area contributed by atoms with Crippen molar-refractivity contribution in [1.29, 1.82) is 0 Å². The van der Waals surface area contributed by atoms with E-state index in [1.807, 2.05) is 42.5 Å². The number of hydrogen-bond acceptors (Lipinski definition) is 6. The highest BCUT2D eigenvalue weighted by molar-refractivity contribution is 7.16. The van der Waals surface area contributed by atoms with Gasteiger partial charge in [0.15, 0.2) is 4.80 Å². The van der Waals surface area contributed by atoms with Gasteiger partial charge in [-0.05, 0) is 48.4 Å². The lowest BCUT2D eigenvalue weighted by Gasteiger charge is -2.06. The highest BCUT2D eigenvalue weighted by Gasteiger charge is 2.15. The second-order valence-electron chi connectivity index (χ2n) is 7.50. The van der Waals surface area contributed by atoms with Gasteiger partial charge in [-0.15, -0.1) is 0 Å². The number of carbonyl (C=O) groups excluding carboxylic acids is 3. The van der Waals surface area contributed by atoms with Crippen LogP contribution >= 0.6 is 11.3 Å². The van der Waals surface area contributed by atoms with Crippen LogP contribution in [-0.4, -0.2) is 35.6 Å². The molecule has 1 heterocycles. The van der Waals surface area contributed by atoms with Gasteiger partial charge >= 0.3 is 11.9 Å². The highest BCUT2D eigenvalue weighted by atomic mass is 32.1. The van der Waals surface area contributed by atoms with Gasteiger partial charge in [-0.3, -0.25) is 9.59 Å². The van der Waals surface area contributed by atoms with E-state index < -0.39 is 11.9 Å². The summed E-state index contributed by atoms with van der Waals surface area (Å²) in [6.07, 6.45) is 0.128. The van der Waals surface area contributed by atoms with Gasteiger partial charge < -0.3 is 14.0 Å². The second-order valence-corrected chi connectivity index (χ2v) is 8.51. The first-order valence-corrected chi connectivity index (χ1v) is 11.8. The van der Waals surface area contributed by atoms with Gasteiger partial charge in [0, 0.05) is 0 Å². The quantitative estimate of drug-likeness (QED) is 0.372. The van der Waals surface area contributed by atoms with E-state index in [4.69, 9.17) is 9.47 Å². The molecule has 0 unspecified atom stereocenters. The Morgan fingerprint density at radius 2 is 1.71 bits per heavy atom. The summed E-state index contributed by atoms with van der Waals surface area (Å²) in [5.41, 5.74) is 1.96. The number of rotatable bonds is 7. The van der Waals surface area contributed by atoms with Gasteiger partial charge in [0.25, 0.3) is 5.91 Å². The first-order valence-electron chi connectivity index (χ1n) is 11.0. The molecule has 0 aliphatic rings.